The van der Waals surface area contributed by atoms with Crippen molar-refractivity contribution in [2.75, 3.05) is 5.73 Å². The van der Waals surface area contributed by atoms with Crippen LogP contribution in [0.25, 0.3) is 11.4 Å². The normalized spacial score (nSPS) is 10.3. The zero-order valence-corrected chi connectivity index (χ0v) is 8.11. The average Bonchev–Trinajstić information content (AvgIpc) is 2.25. The van der Waals surface area contributed by atoms with Crippen LogP contribution in [0.4, 0.5) is 10.1 Å². The Morgan fingerprint density at radius 3 is 2.73 bits per heavy atom. The Hall–Kier alpha value is -2.04. The maximum absolute atomic E-state index is 13.1. The molecule has 76 valence electrons. The molecule has 2 rings (SSSR count). The fourth-order valence-corrected chi connectivity index (χ4v) is 1.30. The van der Waals surface area contributed by atoms with Gasteiger partial charge in [-0.25, -0.2) is 9.37 Å². The van der Waals surface area contributed by atoms with E-state index in [1.165, 1.54) is 24.5 Å². The van der Waals surface area contributed by atoms with E-state index < -0.39 is 5.82 Å². The largest absolute Gasteiger partial charge is 0.396 e. The van der Waals surface area contributed by atoms with Crippen LogP contribution in [0, 0.1) is 12.7 Å². The Labute approximate surface area is 86.0 Å². The highest BCUT2D eigenvalue weighted by Gasteiger charge is 2.08. The molecule has 0 spiro atoms. The first-order valence-electron chi connectivity index (χ1n) is 4.38. The molecule has 0 radical (unpaired) electrons. The van der Waals surface area contributed by atoms with Crippen molar-refractivity contribution < 1.29 is 4.39 Å². The Morgan fingerprint density at radius 2 is 2.07 bits per heavy atom. The lowest BCUT2D eigenvalue weighted by molar-refractivity contribution is 0.631. The molecule has 1 heterocycles. The summed E-state index contributed by atoms with van der Waals surface area (Å²) in [6.45, 7) is 1.77. The quantitative estimate of drug-likeness (QED) is 0.716. The SMILES string of the molecule is Cc1cc(F)c(N)cc1-c1nccnn1. The maximum Gasteiger partial charge on any atom is 0.182 e. The number of nitrogen functional groups attached to an aromatic ring is 1. The predicted molar refractivity (Wildman–Crippen MR) is 54.4 cm³/mol. The molecule has 15 heavy (non-hydrogen) atoms. The van der Waals surface area contributed by atoms with E-state index >= 15 is 0 Å². The third-order valence-electron chi connectivity index (χ3n) is 2.07. The lowest BCUT2D eigenvalue weighted by atomic mass is 10.1. The molecule has 0 fully saturated rings. The number of benzene rings is 1. The number of aromatic nitrogens is 3. The van der Waals surface area contributed by atoms with Gasteiger partial charge in [-0.3, -0.25) is 0 Å². The predicted octanol–water partition coefficient (Wildman–Crippen LogP) is 1.57. The topological polar surface area (TPSA) is 64.7 Å². The Bertz CT molecular complexity index is 484. The molecule has 0 aliphatic heterocycles. The number of nitrogens with zero attached hydrogens (tertiary/aromatic N) is 3. The van der Waals surface area contributed by atoms with Gasteiger partial charge in [0.05, 0.1) is 11.9 Å². The maximum atomic E-state index is 13.1. The van der Waals surface area contributed by atoms with Gasteiger partial charge in [-0.15, -0.1) is 5.10 Å². The fraction of sp³-hybridized carbons (Fsp3) is 0.100. The van der Waals surface area contributed by atoms with Crippen molar-refractivity contribution in [3.8, 4) is 11.4 Å². The van der Waals surface area contributed by atoms with Gasteiger partial charge in [0.15, 0.2) is 5.82 Å². The first-order valence-corrected chi connectivity index (χ1v) is 4.38. The van der Waals surface area contributed by atoms with Gasteiger partial charge in [0, 0.05) is 11.8 Å². The summed E-state index contributed by atoms with van der Waals surface area (Å²) in [5.41, 5.74) is 6.99. The molecular formula is C10H9FN4. The summed E-state index contributed by atoms with van der Waals surface area (Å²) >= 11 is 0. The van der Waals surface area contributed by atoms with Crippen LogP contribution in [0.5, 0.6) is 0 Å². The smallest absolute Gasteiger partial charge is 0.182 e. The van der Waals surface area contributed by atoms with Crippen molar-refractivity contribution in [3.63, 3.8) is 0 Å². The Kier molecular flexibility index (Phi) is 2.29. The summed E-state index contributed by atoms with van der Waals surface area (Å²) in [5.74, 6) is 0.0156. The van der Waals surface area contributed by atoms with Crippen molar-refractivity contribution in [1.82, 2.24) is 15.2 Å². The van der Waals surface area contributed by atoms with Crippen LogP contribution in [-0.2, 0) is 0 Å². The van der Waals surface area contributed by atoms with Gasteiger partial charge >= 0.3 is 0 Å². The minimum atomic E-state index is -0.430. The monoisotopic (exact) mass is 204 g/mol. The highest BCUT2D eigenvalue weighted by Crippen LogP contribution is 2.23. The van der Waals surface area contributed by atoms with Gasteiger partial charge in [-0.1, -0.05) is 0 Å². The van der Waals surface area contributed by atoms with Crippen LogP contribution in [0.15, 0.2) is 24.5 Å². The van der Waals surface area contributed by atoms with E-state index in [4.69, 9.17) is 5.73 Å². The van der Waals surface area contributed by atoms with Crippen LogP contribution in [0.2, 0.25) is 0 Å². The third-order valence-corrected chi connectivity index (χ3v) is 2.07. The molecule has 0 aliphatic carbocycles. The Morgan fingerprint density at radius 1 is 1.27 bits per heavy atom. The second kappa shape index (κ2) is 3.61. The van der Waals surface area contributed by atoms with Gasteiger partial charge < -0.3 is 5.73 Å². The first-order chi connectivity index (χ1) is 7.18. The van der Waals surface area contributed by atoms with Crippen molar-refractivity contribution in [2.24, 2.45) is 0 Å². The molecule has 0 bridgehead atoms. The molecule has 0 aliphatic rings. The molecule has 1 aromatic heterocycles. The second-order valence-corrected chi connectivity index (χ2v) is 3.15. The second-order valence-electron chi connectivity index (χ2n) is 3.15. The lowest BCUT2D eigenvalue weighted by Crippen LogP contribution is -1.97. The summed E-state index contributed by atoms with van der Waals surface area (Å²) in [6.07, 6.45) is 3.01. The summed E-state index contributed by atoms with van der Waals surface area (Å²) < 4.78 is 13.1. The molecule has 0 unspecified atom stereocenters. The molecule has 0 amide bonds. The van der Waals surface area contributed by atoms with Gasteiger partial charge in [0.25, 0.3) is 0 Å². The molecule has 0 saturated heterocycles. The van der Waals surface area contributed by atoms with E-state index in [-0.39, 0.29) is 5.69 Å². The summed E-state index contributed by atoms with van der Waals surface area (Å²) in [6, 6.07) is 2.88. The number of rotatable bonds is 1. The number of halogens is 1. The molecule has 2 aromatic rings. The lowest BCUT2D eigenvalue weighted by Gasteiger charge is -2.05. The van der Waals surface area contributed by atoms with Crippen LogP contribution in [-0.4, -0.2) is 15.2 Å². The molecule has 4 nitrogen and oxygen atoms in total. The van der Waals surface area contributed by atoms with Gasteiger partial charge in [-0.2, -0.15) is 5.10 Å². The fourth-order valence-electron chi connectivity index (χ4n) is 1.30. The number of anilines is 1. The van der Waals surface area contributed by atoms with Crippen LogP contribution in [0.3, 0.4) is 0 Å². The van der Waals surface area contributed by atoms with E-state index in [1.807, 2.05) is 0 Å². The van der Waals surface area contributed by atoms with Gasteiger partial charge in [0.1, 0.15) is 5.82 Å². The number of hydrogen-bond acceptors (Lipinski definition) is 4. The first kappa shape index (κ1) is 9.51. The highest BCUT2D eigenvalue weighted by atomic mass is 19.1. The zero-order valence-electron chi connectivity index (χ0n) is 8.11. The van der Waals surface area contributed by atoms with E-state index in [0.717, 1.165) is 5.56 Å². The number of hydrogen-bond donors (Lipinski definition) is 1. The summed E-state index contributed by atoms with van der Waals surface area (Å²) in [4.78, 5) is 4.03. The molecule has 2 N–H and O–H groups in total. The van der Waals surface area contributed by atoms with Crippen molar-refractivity contribution in [1.29, 1.82) is 0 Å². The molecule has 5 heteroatoms. The van der Waals surface area contributed by atoms with Crippen molar-refractivity contribution in [2.45, 2.75) is 6.92 Å². The van der Waals surface area contributed by atoms with Gasteiger partial charge in [0.2, 0.25) is 0 Å². The number of aryl methyl sites for hydroxylation is 1. The number of nitrogens with two attached hydrogens (primary N) is 1. The summed E-state index contributed by atoms with van der Waals surface area (Å²) in [7, 11) is 0. The molecule has 0 saturated carbocycles. The molecular weight excluding hydrogens is 195 g/mol. The van der Waals surface area contributed by atoms with Crippen LogP contribution in [0.1, 0.15) is 5.56 Å². The average molecular weight is 204 g/mol. The van der Waals surface area contributed by atoms with Gasteiger partial charge in [-0.05, 0) is 24.6 Å². The van der Waals surface area contributed by atoms with E-state index in [1.54, 1.807) is 6.92 Å². The Balaban J connectivity index is 2.59. The van der Waals surface area contributed by atoms with Crippen molar-refractivity contribution >= 4 is 5.69 Å². The van der Waals surface area contributed by atoms with Crippen LogP contribution < -0.4 is 5.73 Å². The van der Waals surface area contributed by atoms with Crippen LogP contribution >= 0.6 is 0 Å². The molecule has 0 atom stereocenters. The third kappa shape index (κ3) is 1.76. The standard InChI is InChI=1S/C10H9FN4/c1-6-4-8(11)9(12)5-7(6)10-13-2-3-14-15-10/h2-5H,12H2,1H3. The summed E-state index contributed by atoms with van der Waals surface area (Å²) in [5, 5.41) is 7.55. The minimum absolute atomic E-state index is 0.0862. The molecule has 1 aromatic carbocycles. The van der Waals surface area contributed by atoms with Crippen molar-refractivity contribution in [3.05, 3.63) is 35.9 Å². The minimum Gasteiger partial charge on any atom is -0.396 e. The van der Waals surface area contributed by atoms with E-state index in [9.17, 15) is 4.39 Å². The van der Waals surface area contributed by atoms with E-state index in [0.29, 0.717) is 11.4 Å². The zero-order chi connectivity index (χ0) is 10.8. The van der Waals surface area contributed by atoms with E-state index in [2.05, 4.69) is 15.2 Å². The highest BCUT2D eigenvalue weighted by molar-refractivity contribution is 5.65.